The Labute approximate surface area is 99.2 Å². The molecule has 0 unspecified atom stereocenters. The Kier molecular flexibility index (Phi) is 3.19. The van der Waals surface area contributed by atoms with Crippen LogP contribution in [0.15, 0.2) is 48.5 Å². The summed E-state index contributed by atoms with van der Waals surface area (Å²) in [4.78, 5) is 0. The van der Waals surface area contributed by atoms with Crippen molar-refractivity contribution in [1.29, 1.82) is 0 Å². The molecule has 3 heteroatoms. The van der Waals surface area contributed by atoms with Crippen molar-refractivity contribution in [1.82, 2.24) is 0 Å². The maximum absolute atomic E-state index is 13.3. The van der Waals surface area contributed by atoms with Gasteiger partial charge in [-0.05, 0) is 30.7 Å². The summed E-state index contributed by atoms with van der Waals surface area (Å²) < 4.78 is 14.0. The fraction of sp³-hybridized carbons (Fsp3) is 0.0714. The molecule has 0 atom stereocenters. The van der Waals surface area contributed by atoms with E-state index in [4.69, 9.17) is 0 Å². The maximum Gasteiger partial charge on any atom is 0.219 e. The lowest BCUT2D eigenvalue weighted by molar-refractivity contribution is -0.354. The van der Waals surface area contributed by atoms with E-state index in [1.807, 2.05) is 30.3 Å². The van der Waals surface area contributed by atoms with Crippen molar-refractivity contribution in [3.8, 4) is 0 Å². The van der Waals surface area contributed by atoms with Crippen molar-refractivity contribution >= 4 is 11.9 Å². The Morgan fingerprint density at radius 3 is 2.47 bits per heavy atom. The highest BCUT2D eigenvalue weighted by atomic mass is 19.1. The second-order valence-corrected chi connectivity index (χ2v) is 3.80. The van der Waals surface area contributed by atoms with Gasteiger partial charge in [0.2, 0.25) is 5.69 Å². The Balaban J connectivity index is 2.34. The first kappa shape index (κ1) is 11.3. The number of hydrogen-bond acceptors (Lipinski definition) is 1. The summed E-state index contributed by atoms with van der Waals surface area (Å²) in [6.07, 6.45) is 1.42. The van der Waals surface area contributed by atoms with Gasteiger partial charge in [0.25, 0.3) is 0 Å². The number of benzene rings is 2. The highest BCUT2D eigenvalue weighted by Crippen LogP contribution is 2.15. The van der Waals surface area contributed by atoms with Gasteiger partial charge in [-0.3, -0.25) is 0 Å². The largest absolute Gasteiger partial charge is 0.618 e. The van der Waals surface area contributed by atoms with Crippen LogP contribution in [0, 0.1) is 17.9 Å². The second-order valence-electron chi connectivity index (χ2n) is 3.80. The van der Waals surface area contributed by atoms with E-state index in [1.54, 1.807) is 19.1 Å². The highest BCUT2D eigenvalue weighted by molar-refractivity contribution is 5.76. The normalized spacial score (nSPS) is 11.5. The van der Waals surface area contributed by atoms with E-state index in [1.165, 1.54) is 12.3 Å². The third kappa shape index (κ3) is 2.69. The van der Waals surface area contributed by atoms with Gasteiger partial charge in [-0.1, -0.05) is 18.2 Å². The maximum atomic E-state index is 13.3. The van der Waals surface area contributed by atoms with Crippen LogP contribution in [0.2, 0.25) is 0 Å². The third-order valence-corrected chi connectivity index (χ3v) is 2.48. The zero-order valence-corrected chi connectivity index (χ0v) is 9.43. The number of rotatable bonds is 2. The first-order valence-corrected chi connectivity index (χ1v) is 5.29. The predicted octanol–water partition coefficient (Wildman–Crippen LogP) is 3.40. The average molecular weight is 229 g/mol. The number of aryl methyl sites for hydroxylation is 1. The standard InChI is InChI=1S/C14H12FNO/c1-11-7-8-13(9-14(11)15)16(17)10-12-5-3-2-4-6-12/h2-10H,1H3. The van der Waals surface area contributed by atoms with Gasteiger partial charge in [0.1, 0.15) is 5.82 Å². The van der Waals surface area contributed by atoms with Gasteiger partial charge in [0.05, 0.1) is 0 Å². The van der Waals surface area contributed by atoms with Crippen molar-refractivity contribution in [2.75, 3.05) is 0 Å². The van der Waals surface area contributed by atoms with Gasteiger partial charge in [0.15, 0.2) is 6.21 Å². The molecule has 0 aliphatic heterocycles. The highest BCUT2D eigenvalue weighted by Gasteiger charge is 2.05. The molecule has 86 valence electrons. The van der Waals surface area contributed by atoms with Crippen molar-refractivity contribution in [3.05, 3.63) is 70.7 Å². The summed E-state index contributed by atoms with van der Waals surface area (Å²) in [5, 5.41) is 11.8. The zero-order valence-electron chi connectivity index (χ0n) is 9.43. The van der Waals surface area contributed by atoms with E-state index in [0.717, 1.165) is 5.56 Å². The van der Waals surface area contributed by atoms with E-state index in [-0.39, 0.29) is 11.5 Å². The molecule has 2 rings (SSSR count). The lowest BCUT2D eigenvalue weighted by atomic mass is 10.2. The Hall–Kier alpha value is -2.16. The molecule has 0 aromatic heterocycles. The van der Waals surface area contributed by atoms with Crippen LogP contribution in [0.3, 0.4) is 0 Å². The minimum Gasteiger partial charge on any atom is -0.618 e. The third-order valence-electron chi connectivity index (χ3n) is 2.48. The Bertz CT molecular complexity index is 549. The average Bonchev–Trinajstić information content (AvgIpc) is 2.34. The molecular weight excluding hydrogens is 217 g/mol. The van der Waals surface area contributed by atoms with Crippen molar-refractivity contribution < 1.29 is 9.13 Å². The molecule has 0 aliphatic rings. The molecule has 0 spiro atoms. The van der Waals surface area contributed by atoms with Crippen LogP contribution in [-0.4, -0.2) is 11.0 Å². The molecule has 0 fully saturated rings. The molecule has 0 bridgehead atoms. The van der Waals surface area contributed by atoms with Crippen LogP contribution in [0.5, 0.6) is 0 Å². The number of halogens is 1. The minimum absolute atomic E-state index is 0.289. The molecule has 0 saturated heterocycles. The van der Waals surface area contributed by atoms with Crippen LogP contribution < -0.4 is 0 Å². The van der Waals surface area contributed by atoms with E-state index < -0.39 is 0 Å². The Morgan fingerprint density at radius 2 is 1.82 bits per heavy atom. The fourth-order valence-electron chi connectivity index (χ4n) is 1.47. The molecule has 2 nitrogen and oxygen atoms in total. The molecule has 0 saturated carbocycles. The van der Waals surface area contributed by atoms with Crippen LogP contribution in [-0.2, 0) is 0 Å². The molecule has 2 aromatic rings. The molecule has 0 aliphatic carbocycles. The monoisotopic (exact) mass is 229 g/mol. The van der Waals surface area contributed by atoms with Crippen LogP contribution in [0.1, 0.15) is 11.1 Å². The Morgan fingerprint density at radius 1 is 1.12 bits per heavy atom. The summed E-state index contributed by atoms with van der Waals surface area (Å²) in [7, 11) is 0. The lowest BCUT2D eigenvalue weighted by Crippen LogP contribution is -1.99. The lowest BCUT2D eigenvalue weighted by Gasteiger charge is -2.04. The first-order chi connectivity index (χ1) is 8.16. The van der Waals surface area contributed by atoms with E-state index in [0.29, 0.717) is 10.3 Å². The van der Waals surface area contributed by atoms with E-state index in [9.17, 15) is 9.60 Å². The molecule has 0 amide bonds. The first-order valence-electron chi connectivity index (χ1n) is 5.29. The summed E-state index contributed by atoms with van der Waals surface area (Å²) in [5.74, 6) is -0.371. The zero-order chi connectivity index (χ0) is 12.3. The summed E-state index contributed by atoms with van der Waals surface area (Å²) in [6.45, 7) is 1.66. The predicted molar refractivity (Wildman–Crippen MR) is 66.0 cm³/mol. The van der Waals surface area contributed by atoms with Crippen LogP contribution in [0.25, 0.3) is 0 Å². The van der Waals surface area contributed by atoms with Crippen molar-refractivity contribution in [2.45, 2.75) is 6.92 Å². The summed E-state index contributed by atoms with van der Waals surface area (Å²) in [5.41, 5.74) is 1.60. The molecule has 0 N–H and O–H groups in total. The van der Waals surface area contributed by atoms with Gasteiger partial charge < -0.3 is 5.21 Å². The van der Waals surface area contributed by atoms with E-state index in [2.05, 4.69) is 0 Å². The minimum atomic E-state index is -0.371. The topological polar surface area (TPSA) is 26.1 Å². The molecule has 17 heavy (non-hydrogen) atoms. The molecule has 2 aromatic carbocycles. The fourth-order valence-corrected chi connectivity index (χ4v) is 1.47. The SMILES string of the molecule is Cc1ccc([N+]([O-])=Cc2ccccc2)cc1F. The van der Waals surface area contributed by atoms with Crippen LogP contribution in [0.4, 0.5) is 10.1 Å². The molecular formula is C14H12FNO. The van der Waals surface area contributed by atoms with Gasteiger partial charge in [0, 0.05) is 17.7 Å². The van der Waals surface area contributed by atoms with Gasteiger partial charge in [-0.2, -0.15) is 4.74 Å². The summed E-state index contributed by atoms with van der Waals surface area (Å²) >= 11 is 0. The quantitative estimate of drug-likeness (QED) is 0.335. The van der Waals surface area contributed by atoms with Gasteiger partial charge in [-0.15, -0.1) is 0 Å². The van der Waals surface area contributed by atoms with Crippen molar-refractivity contribution in [3.63, 3.8) is 0 Å². The van der Waals surface area contributed by atoms with Crippen LogP contribution >= 0.6 is 0 Å². The second kappa shape index (κ2) is 4.78. The van der Waals surface area contributed by atoms with Gasteiger partial charge in [-0.25, -0.2) is 4.39 Å². The number of nitrogens with zero attached hydrogens (tertiary/aromatic N) is 1. The van der Waals surface area contributed by atoms with E-state index >= 15 is 0 Å². The molecule has 0 radical (unpaired) electrons. The molecule has 0 heterocycles. The smallest absolute Gasteiger partial charge is 0.219 e. The summed E-state index contributed by atoms with van der Waals surface area (Å²) in [6, 6.07) is 13.6. The van der Waals surface area contributed by atoms with Crippen molar-refractivity contribution in [2.24, 2.45) is 0 Å². The number of hydrogen-bond donors (Lipinski definition) is 0. The van der Waals surface area contributed by atoms with Gasteiger partial charge >= 0.3 is 0 Å².